The fraction of sp³-hybridized carbons (Fsp3) is 0.267. The van der Waals surface area contributed by atoms with Crippen molar-refractivity contribution in [1.82, 2.24) is 15.1 Å². The molecule has 0 bridgehead atoms. The number of amides is 1. The smallest absolute Gasteiger partial charge is 0.266 e. The molecule has 178 valence electrons. The monoisotopic (exact) mass is 464 g/mol. The van der Waals surface area contributed by atoms with Crippen molar-refractivity contribution in [2.75, 3.05) is 32.7 Å². The van der Waals surface area contributed by atoms with E-state index < -0.39 is 0 Å². The van der Waals surface area contributed by atoms with Gasteiger partial charge in [0.25, 0.3) is 5.91 Å². The molecule has 1 saturated heterocycles. The van der Waals surface area contributed by atoms with E-state index in [0.29, 0.717) is 19.6 Å². The lowest BCUT2D eigenvalue weighted by atomic mass is 9.96. The maximum Gasteiger partial charge on any atom is 0.266 e. The molecule has 0 saturated carbocycles. The van der Waals surface area contributed by atoms with E-state index >= 15 is 0 Å². The largest absolute Gasteiger partial charge is 0.389 e. The summed E-state index contributed by atoms with van der Waals surface area (Å²) in [4.78, 5) is 17.2. The zero-order valence-corrected chi connectivity index (χ0v) is 20.2. The molecular formula is C30H32N4O. The molecule has 0 aromatic heterocycles. The second-order valence-electron chi connectivity index (χ2n) is 8.92. The topological polar surface area (TPSA) is 59.4 Å². The van der Waals surface area contributed by atoms with Gasteiger partial charge < -0.3 is 10.2 Å². The molecule has 3 aromatic rings. The third kappa shape index (κ3) is 6.38. The van der Waals surface area contributed by atoms with Gasteiger partial charge in [-0.25, -0.2) is 0 Å². The summed E-state index contributed by atoms with van der Waals surface area (Å²) in [5, 5.41) is 12.8. The molecule has 0 unspecified atom stereocenters. The van der Waals surface area contributed by atoms with E-state index in [1.807, 2.05) is 18.2 Å². The maximum absolute atomic E-state index is 13.0. The summed E-state index contributed by atoms with van der Waals surface area (Å²) in [6.07, 6.45) is 2.41. The number of hydrogen-bond donors (Lipinski definition) is 1. The van der Waals surface area contributed by atoms with Crippen molar-refractivity contribution in [3.63, 3.8) is 0 Å². The third-order valence-electron chi connectivity index (χ3n) is 6.43. The first-order valence-corrected chi connectivity index (χ1v) is 12.2. The van der Waals surface area contributed by atoms with Crippen LogP contribution >= 0.6 is 0 Å². The fourth-order valence-corrected chi connectivity index (χ4v) is 4.64. The number of carbonyl (C=O) groups excluding carboxylic acids is 1. The number of nitrogens with zero attached hydrogens (tertiary/aromatic N) is 3. The Morgan fingerprint density at radius 1 is 0.943 bits per heavy atom. The van der Waals surface area contributed by atoms with Gasteiger partial charge in [-0.3, -0.25) is 9.69 Å². The Bertz CT molecular complexity index is 1140. The van der Waals surface area contributed by atoms with Crippen LogP contribution in [0.2, 0.25) is 0 Å². The minimum atomic E-state index is -0.203. The Balaban J connectivity index is 1.36. The zero-order chi connectivity index (χ0) is 24.5. The highest BCUT2D eigenvalue weighted by molar-refractivity contribution is 5.97. The number of nitrogens with one attached hydrogen (secondary N) is 1. The van der Waals surface area contributed by atoms with Gasteiger partial charge in [0.15, 0.2) is 0 Å². The van der Waals surface area contributed by atoms with Crippen LogP contribution in [0.1, 0.15) is 28.3 Å². The summed E-state index contributed by atoms with van der Waals surface area (Å²) >= 11 is 0. The van der Waals surface area contributed by atoms with E-state index in [-0.39, 0.29) is 17.5 Å². The first-order valence-electron chi connectivity index (χ1n) is 12.2. The van der Waals surface area contributed by atoms with Crippen LogP contribution in [0.25, 0.3) is 0 Å². The molecule has 1 aliphatic rings. The van der Waals surface area contributed by atoms with Gasteiger partial charge in [0.1, 0.15) is 11.6 Å². The number of nitriles is 1. The van der Waals surface area contributed by atoms with Crippen LogP contribution in [0.3, 0.4) is 0 Å². The quantitative estimate of drug-likeness (QED) is 0.304. The molecule has 5 heteroatoms. The van der Waals surface area contributed by atoms with Crippen molar-refractivity contribution >= 4 is 5.91 Å². The van der Waals surface area contributed by atoms with Crippen LogP contribution in [0.4, 0.5) is 0 Å². The summed E-state index contributed by atoms with van der Waals surface area (Å²) in [5.74, 6) is -0.203. The van der Waals surface area contributed by atoms with Crippen LogP contribution in [-0.4, -0.2) is 48.4 Å². The number of piperazine rings is 1. The summed E-state index contributed by atoms with van der Waals surface area (Å²) in [6, 6.07) is 31.6. The van der Waals surface area contributed by atoms with Crippen LogP contribution in [0, 0.1) is 18.3 Å². The molecule has 1 aliphatic heterocycles. The van der Waals surface area contributed by atoms with Gasteiger partial charge in [0, 0.05) is 38.9 Å². The van der Waals surface area contributed by atoms with E-state index in [1.165, 1.54) is 22.3 Å². The van der Waals surface area contributed by atoms with E-state index in [4.69, 9.17) is 0 Å². The number of hydrogen-bond acceptors (Lipinski definition) is 4. The highest BCUT2D eigenvalue weighted by Gasteiger charge is 2.29. The van der Waals surface area contributed by atoms with Crippen molar-refractivity contribution < 1.29 is 4.79 Å². The first kappa shape index (κ1) is 24.3. The summed E-state index contributed by atoms with van der Waals surface area (Å²) in [6.45, 7) is 5.43. The normalized spacial score (nSPS) is 14.5. The Labute approximate surface area is 208 Å². The summed E-state index contributed by atoms with van der Waals surface area (Å²) in [7, 11) is 0. The minimum absolute atomic E-state index is 0.143. The predicted octanol–water partition coefficient (Wildman–Crippen LogP) is 4.47. The van der Waals surface area contributed by atoms with Crippen molar-refractivity contribution in [3.05, 3.63) is 119 Å². The highest BCUT2D eigenvalue weighted by Crippen LogP contribution is 2.29. The highest BCUT2D eigenvalue weighted by atomic mass is 16.2. The molecule has 0 aliphatic carbocycles. The molecule has 1 fully saturated rings. The Kier molecular flexibility index (Phi) is 8.32. The van der Waals surface area contributed by atoms with Gasteiger partial charge in [-0.2, -0.15) is 5.26 Å². The Morgan fingerprint density at radius 2 is 1.57 bits per heavy atom. The molecule has 1 N–H and O–H groups in total. The minimum Gasteiger partial charge on any atom is -0.389 e. The zero-order valence-electron chi connectivity index (χ0n) is 20.2. The number of carbonyl (C=O) groups is 1. The van der Waals surface area contributed by atoms with Crippen LogP contribution in [0.15, 0.2) is 96.7 Å². The Morgan fingerprint density at radius 3 is 2.14 bits per heavy atom. The fourth-order valence-electron chi connectivity index (χ4n) is 4.64. The SMILES string of the molecule is Cc1cccc(CCN/C=C(/C#N)C(=O)N2CCN(C(c3ccccc3)c3ccccc3)CC2)c1. The second kappa shape index (κ2) is 12.0. The number of rotatable bonds is 8. The first-order chi connectivity index (χ1) is 17.2. The van der Waals surface area contributed by atoms with E-state index in [2.05, 4.69) is 89.9 Å². The van der Waals surface area contributed by atoms with E-state index in [9.17, 15) is 10.1 Å². The standard InChI is InChI=1S/C30H32N4O/c1-24-9-8-10-25(21-24)15-16-32-23-28(22-31)30(35)34-19-17-33(18-20-34)29(26-11-4-2-5-12-26)27-13-6-3-7-14-27/h2-14,21,23,29,32H,15-20H2,1H3/b28-23-. The van der Waals surface area contributed by atoms with Gasteiger partial charge >= 0.3 is 0 Å². The average molecular weight is 465 g/mol. The summed E-state index contributed by atoms with van der Waals surface area (Å²) < 4.78 is 0. The maximum atomic E-state index is 13.0. The van der Waals surface area contributed by atoms with Crippen molar-refractivity contribution in [1.29, 1.82) is 5.26 Å². The second-order valence-corrected chi connectivity index (χ2v) is 8.92. The van der Waals surface area contributed by atoms with Crippen molar-refractivity contribution in [2.45, 2.75) is 19.4 Å². The van der Waals surface area contributed by atoms with Crippen LogP contribution < -0.4 is 5.32 Å². The molecule has 3 aromatic carbocycles. The lowest BCUT2D eigenvalue weighted by molar-refractivity contribution is -0.128. The average Bonchev–Trinajstić information content (AvgIpc) is 2.90. The van der Waals surface area contributed by atoms with Crippen LogP contribution in [0.5, 0.6) is 0 Å². The lowest BCUT2D eigenvalue weighted by Gasteiger charge is -2.39. The van der Waals surface area contributed by atoms with Crippen LogP contribution in [-0.2, 0) is 11.2 Å². The third-order valence-corrected chi connectivity index (χ3v) is 6.43. The van der Waals surface area contributed by atoms with Crippen molar-refractivity contribution in [3.8, 4) is 6.07 Å². The molecule has 4 rings (SSSR count). The molecule has 0 radical (unpaired) electrons. The van der Waals surface area contributed by atoms with E-state index in [1.54, 1.807) is 11.1 Å². The molecule has 5 nitrogen and oxygen atoms in total. The summed E-state index contributed by atoms with van der Waals surface area (Å²) in [5.41, 5.74) is 5.11. The van der Waals surface area contributed by atoms with Gasteiger partial charge in [0.2, 0.25) is 0 Å². The number of aryl methyl sites for hydroxylation is 1. The molecule has 1 heterocycles. The lowest BCUT2D eigenvalue weighted by Crippen LogP contribution is -2.50. The van der Waals surface area contributed by atoms with Gasteiger partial charge in [-0.1, -0.05) is 90.5 Å². The number of benzene rings is 3. The van der Waals surface area contributed by atoms with Gasteiger partial charge in [0.05, 0.1) is 6.04 Å². The molecule has 35 heavy (non-hydrogen) atoms. The van der Waals surface area contributed by atoms with E-state index in [0.717, 1.165) is 19.5 Å². The Hall–Kier alpha value is -3.88. The van der Waals surface area contributed by atoms with Gasteiger partial charge in [-0.05, 0) is 30.0 Å². The van der Waals surface area contributed by atoms with Gasteiger partial charge in [-0.15, -0.1) is 0 Å². The molecular weight excluding hydrogens is 432 g/mol. The molecule has 0 spiro atoms. The van der Waals surface area contributed by atoms with Crippen molar-refractivity contribution in [2.24, 2.45) is 0 Å². The molecule has 1 amide bonds. The predicted molar refractivity (Wildman–Crippen MR) is 139 cm³/mol. The molecule has 0 atom stereocenters.